The molecule has 5 N–H and O–H groups in total. The Bertz CT molecular complexity index is 1090. The van der Waals surface area contributed by atoms with Gasteiger partial charge in [0.05, 0.1) is 37.8 Å². The second-order valence-electron chi connectivity index (χ2n) is 10.6. The highest BCUT2D eigenvalue weighted by molar-refractivity contribution is 5.89. The van der Waals surface area contributed by atoms with Crippen molar-refractivity contribution in [2.75, 3.05) is 13.7 Å². The first-order valence-electron chi connectivity index (χ1n) is 13.6. The first kappa shape index (κ1) is 31.1. The van der Waals surface area contributed by atoms with E-state index in [4.69, 9.17) is 23.7 Å². The molecule has 0 radical (unpaired) electrons. The number of hydrogen-bond donors (Lipinski definition) is 5. The van der Waals surface area contributed by atoms with Crippen molar-refractivity contribution in [3.63, 3.8) is 0 Å². The fourth-order valence-corrected chi connectivity index (χ4v) is 5.57. The third-order valence-electron chi connectivity index (χ3n) is 7.82. The molecule has 3 heterocycles. The van der Waals surface area contributed by atoms with Crippen LogP contribution in [-0.2, 0) is 39.7 Å². The smallest absolute Gasteiger partial charge is 0.337 e. The number of carbonyl (C=O) groups excluding carboxylic acids is 2. The molecule has 0 aromatic heterocycles. The Morgan fingerprint density at radius 1 is 1.05 bits per heavy atom. The average Bonchev–Trinajstić information content (AvgIpc) is 2.96. The molecule has 41 heavy (non-hydrogen) atoms. The zero-order chi connectivity index (χ0) is 29.7. The highest BCUT2D eigenvalue weighted by atomic mass is 16.8. The molecule has 2 saturated heterocycles. The minimum atomic E-state index is -1.65. The quantitative estimate of drug-likeness (QED) is 0.192. The summed E-state index contributed by atoms with van der Waals surface area (Å²) in [6.07, 6.45) is -4.88. The Morgan fingerprint density at radius 3 is 2.41 bits per heavy atom. The number of ether oxygens (including phenoxy) is 5. The van der Waals surface area contributed by atoms with Gasteiger partial charge in [0.1, 0.15) is 35.9 Å². The molecule has 3 aliphatic rings. The molecule has 4 rings (SSSR count). The first-order valence-corrected chi connectivity index (χ1v) is 13.6. The summed E-state index contributed by atoms with van der Waals surface area (Å²) in [6.45, 7) is 3.24. The predicted molar refractivity (Wildman–Crippen MR) is 141 cm³/mol. The lowest BCUT2D eigenvalue weighted by Gasteiger charge is -2.43. The van der Waals surface area contributed by atoms with E-state index in [0.717, 1.165) is 5.56 Å². The minimum absolute atomic E-state index is 0.0388. The van der Waals surface area contributed by atoms with E-state index >= 15 is 0 Å². The summed E-state index contributed by atoms with van der Waals surface area (Å²) in [6, 6.07) is 6.85. The van der Waals surface area contributed by atoms with Crippen LogP contribution in [0.3, 0.4) is 0 Å². The normalized spacial score (nSPS) is 35.7. The summed E-state index contributed by atoms with van der Waals surface area (Å²) in [5.74, 6) is -1.74. The van der Waals surface area contributed by atoms with Gasteiger partial charge in [-0.2, -0.15) is 0 Å². The SMILES string of the molecule is C=C[C@H]1[C@@H](O[C@H]2O[C@@H](CO)[C@H](O)[C@@H](O)[C@@H]2O)OC=C(C(=O)OC)[C@@H]1C[C@H]1CC(=O)C[C@H](CCc2ccc(O)cc2)O1. The number of aromatic hydroxyl groups is 1. The lowest BCUT2D eigenvalue weighted by molar-refractivity contribution is -0.339. The van der Waals surface area contributed by atoms with Gasteiger partial charge in [0, 0.05) is 24.7 Å². The Balaban J connectivity index is 1.48. The fourth-order valence-electron chi connectivity index (χ4n) is 5.57. The Hall–Kier alpha value is -2.84. The molecule has 3 aliphatic heterocycles. The maximum Gasteiger partial charge on any atom is 0.337 e. The second-order valence-corrected chi connectivity index (χ2v) is 10.6. The van der Waals surface area contributed by atoms with Gasteiger partial charge in [0.2, 0.25) is 6.29 Å². The molecule has 1 aromatic carbocycles. The summed E-state index contributed by atoms with van der Waals surface area (Å²) in [5, 5.41) is 49.7. The van der Waals surface area contributed by atoms with E-state index < -0.39 is 67.5 Å². The maximum atomic E-state index is 12.7. The zero-order valence-corrected chi connectivity index (χ0v) is 22.8. The van der Waals surface area contributed by atoms with Gasteiger partial charge < -0.3 is 49.2 Å². The van der Waals surface area contributed by atoms with Crippen molar-refractivity contribution in [3.8, 4) is 5.75 Å². The van der Waals surface area contributed by atoms with Crippen molar-refractivity contribution in [1.82, 2.24) is 0 Å². The number of carbonyl (C=O) groups is 2. The first-order chi connectivity index (χ1) is 19.6. The molecule has 0 spiro atoms. The zero-order valence-electron chi connectivity index (χ0n) is 22.8. The van der Waals surface area contributed by atoms with E-state index in [1.165, 1.54) is 19.4 Å². The van der Waals surface area contributed by atoms with Gasteiger partial charge in [-0.1, -0.05) is 18.2 Å². The minimum Gasteiger partial charge on any atom is -0.508 e. The van der Waals surface area contributed by atoms with Gasteiger partial charge in [-0.3, -0.25) is 4.79 Å². The van der Waals surface area contributed by atoms with E-state index in [1.54, 1.807) is 12.1 Å². The molecule has 0 bridgehead atoms. The molecule has 2 fully saturated rings. The van der Waals surface area contributed by atoms with Crippen molar-refractivity contribution < 1.29 is 58.8 Å². The van der Waals surface area contributed by atoms with Gasteiger partial charge >= 0.3 is 5.97 Å². The topological polar surface area (TPSA) is 181 Å². The van der Waals surface area contributed by atoms with Crippen LogP contribution in [0.4, 0.5) is 0 Å². The van der Waals surface area contributed by atoms with E-state index in [9.17, 15) is 35.1 Å². The highest BCUT2D eigenvalue weighted by Crippen LogP contribution is 2.39. The fraction of sp³-hybridized carbons (Fsp3) is 0.586. The van der Waals surface area contributed by atoms with Gasteiger partial charge in [-0.25, -0.2) is 4.79 Å². The van der Waals surface area contributed by atoms with E-state index in [1.807, 2.05) is 12.1 Å². The molecule has 12 heteroatoms. The molecule has 12 nitrogen and oxygen atoms in total. The van der Waals surface area contributed by atoms with Crippen molar-refractivity contribution in [2.24, 2.45) is 11.8 Å². The monoisotopic (exact) mass is 578 g/mol. The number of esters is 1. The molecule has 0 unspecified atom stereocenters. The van der Waals surface area contributed by atoms with Crippen LogP contribution in [0.2, 0.25) is 0 Å². The van der Waals surface area contributed by atoms with Gasteiger partial charge in [0.25, 0.3) is 0 Å². The number of methoxy groups -OCH3 is 1. The lowest BCUT2D eigenvalue weighted by atomic mass is 9.78. The molecule has 0 saturated carbocycles. The van der Waals surface area contributed by atoms with E-state index in [2.05, 4.69) is 6.58 Å². The molecule has 10 atom stereocenters. The molecule has 0 amide bonds. The van der Waals surface area contributed by atoms with Crippen LogP contribution in [-0.4, -0.2) is 100 Å². The number of phenols is 1. The van der Waals surface area contributed by atoms with Crippen molar-refractivity contribution in [1.29, 1.82) is 0 Å². The summed E-state index contributed by atoms with van der Waals surface area (Å²) in [5.41, 5.74) is 1.19. The second kappa shape index (κ2) is 13.9. The predicted octanol–water partition coefficient (Wildman–Crippen LogP) is 0.480. The van der Waals surface area contributed by atoms with Crippen LogP contribution in [0.5, 0.6) is 5.75 Å². The summed E-state index contributed by atoms with van der Waals surface area (Å²) >= 11 is 0. The van der Waals surface area contributed by atoms with Crippen LogP contribution < -0.4 is 0 Å². The number of phenolic OH excluding ortho intramolecular Hbond substituents is 1. The molecular weight excluding hydrogens is 540 g/mol. The average molecular weight is 579 g/mol. The molecule has 226 valence electrons. The Kier molecular flexibility index (Phi) is 10.5. The number of rotatable bonds is 10. The summed E-state index contributed by atoms with van der Waals surface area (Å²) < 4.78 is 28.2. The van der Waals surface area contributed by atoms with Gasteiger partial charge in [-0.05, 0) is 37.0 Å². The van der Waals surface area contributed by atoms with Crippen LogP contribution in [0.25, 0.3) is 0 Å². The van der Waals surface area contributed by atoms with Gasteiger partial charge in [0.15, 0.2) is 6.29 Å². The highest BCUT2D eigenvalue weighted by Gasteiger charge is 2.48. The third-order valence-corrected chi connectivity index (χ3v) is 7.82. The van der Waals surface area contributed by atoms with Gasteiger partial charge in [-0.15, -0.1) is 6.58 Å². The maximum absolute atomic E-state index is 12.7. The number of hydrogen-bond acceptors (Lipinski definition) is 12. The lowest BCUT2D eigenvalue weighted by Crippen LogP contribution is -2.60. The third kappa shape index (κ3) is 7.33. The number of ketones is 1. The number of aliphatic hydroxyl groups excluding tert-OH is 4. The van der Waals surface area contributed by atoms with Crippen LogP contribution >= 0.6 is 0 Å². The van der Waals surface area contributed by atoms with Crippen LogP contribution in [0, 0.1) is 11.8 Å². The van der Waals surface area contributed by atoms with Crippen molar-refractivity contribution >= 4 is 11.8 Å². The Labute approximate surface area is 237 Å². The van der Waals surface area contributed by atoms with E-state index in [-0.39, 0.29) is 42.5 Å². The molecular formula is C29H38O12. The van der Waals surface area contributed by atoms with Crippen LogP contribution in [0.1, 0.15) is 31.2 Å². The standard InChI is InChI=1S/C29H38O12/c1-3-20-21(12-19-11-17(32)10-18(39-19)9-6-15-4-7-16(31)8-5-15)22(27(36)37-2)14-38-28(20)41-29-26(35)25(34)24(33)23(13-30)40-29/h3-5,7-8,14,18-21,23-26,28-31,33-35H,1,6,9-13H2,2H3/t18-,19+,20+,21+,23-,24-,25+,26-,28+,29+/m0/s1. The molecule has 1 aromatic rings. The number of aliphatic hydroxyl groups is 4. The summed E-state index contributed by atoms with van der Waals surface area (Å²) in [4.78, 5) is 25.4. The number of Topliss-reactive ketones (excluding diaryl/α,β-unsaturated/α-hetero) is 1. The largest absolute Gasteiger partial charge is 0.508 e. The summed E-state index contributed by atoms with van der Waals surface area (Å²) in [7, 11) is 1.24. The van der Waals surface area contributed by atoms with E-state index in [0.29, 0.717) is 12.8 Å². The molecule has 0 aliphatic carbocycles. The van der Waals surface area contributed by atoms with Crippen molar-refractivity contribution in [3.05, 3.63) is 54.3 Å². The number of benzene rings is 1. The van der Waals surface area contributed by atoms with Crippen LogP contribution in [0.15, 0.2) is 48.8 Å². The number of aryl methyl sites for hydroxylation is 1. The Morgan fingerprint density at radius 2 is 1.76 bits per heavy atom. The van der Waals surface area contributed by atoms with Crippen molar-refractivity contribution in [2.45, 2.75) is 81.3 Å².